The van der Waals surface area contributed by atoms with Crippen LogP contribution in [-0.2, 0) is 40.0 Å². The molecule has 8 N–H and O–H groups in total. The van der Waals surface area contributed by atoms with Crippen molar-refractivity contribution in [2.24, 2.45) is 16.9 Å². The van der Waals surface area contributed by atoms with Crippen LogP contribution in [-0.4, -0.2) is 132 Å². The number of Topliss-reactive ketones (excluding diaryl/α,β-unsaturated/α-hetero) is 1. The molecular formula is C43H54F5N7O10S. The van der Waals surface area contributed by atoms with Gasteiger partial charge in [0, 0.05) is 55.9 Å². The number of benzene rings is 2. The van der Waals surface area contributed by atoms with Crippen molar-refractivity contribution in [3.05, 3.63) is 83.2 Å². The van der Waals surface area contributed by atoms with Crippen LogP contribution in [0.2, 0.25) is 0 Å². The minimum absolute atomic E-state index is 0.00367. The van der Waals surface area contributed by atoms with Crippen molar-refractivity contribution in [2.75, 3.05) is 32.0 Å². The number of carboxylic acids is 2. The number of amides is 4. The molecule has 1 saturated heterocycles. The molecule has 3 aromatic rings. The van der Waals surface area contributed by atoms with E-state index in [2.05, 4.69) is 5.32 Å². The first-order valence-corrected chi connectivity index (χ1v) is 21.7. The number of aliphatic hydroxyl groups is 1. The van der Waals surface area contributed by atoms with Crippen molar-refractivity contribution >= 4 is 53.1 Å². The van der Waals surface area contributed by atoms with Gasteiger partial charge in [0.25, 0.3) is 0 Å². The number of nitrogens with zero attached hydrogens (tertiary/aromatic N) is 4. The average Bonchev–Trinajstić information content (AvgIpc) is 3.77. The molecule has 0 aliphatic carbocycles. The Kier molecular flexibility index (Phi) is 20.4. The Morgan fingerprint density at radius 3 is 2.21 bits per heavy atom. The number of aliphatic hydroxyl groups excluding tert-OH is 1. The number of thioether (sulfide) groups is 1. The second-order valence-electron chi connectivity index (χ2n) is 16.4. The van der Waals surface area contributed by atoms with Gasteiger partial charge in [-0.25, -0.2) is 18.3 Å². The van der Waals surface area contributed by atoms with Crippen LogP contribution in [0.5, 0.6) is 0 Å². The lowest BCUT2D eigenvalue weighted by molar-refractivity contribution is -0.192. The third-order valence-corrected chi connectivity index (χ3v) is 11.4. The molecule has 0 bridgehead atoms. The third-order valence-electron chi connectivity index (χ3n) is 10.1. The zero-order valence-electron chi connectivity index (χ0n) is 36.4. The van der Waals surface area contributed by atoms with Crippen molar-refractivity contribution in [2.45, 2.75) is 95.3 Å². The van der Waals surface area contributed by atoms with Crippen molar-refractivity contribution in [3.8, 4) is 5.69 Å². The third kappa shape index (κ3) is 16.3. The molecule has 66 heavy (non-hydrogen) atoms. The number of unbranched alkanes of at least 4 members (excludes halogenated alkanes) is 2. The summed E-state index contributed by atoms with van der Waals surface area (Å²) in [6, 6.07) is 9.31. The lowest BCUT2D eigenvalue weighted by Gasteiger charge is -2.40. The van der Waals surface area contributed by atoms with Gasteiger partial charge in [-0.15, -0.1) is 11.8 Å². The quantitative estimate of drug-likeness (QED) is 0.0478. The highest BCUT2D eigenvalue weighted by Gasteiger charge is 2.40. The van der Waals surface area contributed by atoms with E-state index < -0.39 is 77.0 Å². The highest BCUT2D eigenvalue weighted by molar-refractivity contribution is 8.00. The number of nitrogens with two attached hydrogens (primary N) is 2. The van der Waals surface area contributed by atoms with Gasteiger partial charge in [-0.2, -0.15) is 18.3 Å². The van der Waals surface area contributed by atoms with E-state index in [0.29, 0.717) is 36.9 Å². The van der Waals surface area contributed by atoms with E-state index >= 15 is 0 Å². The number of alkyl halides is 3. The number of nitrogens with one attached hydrogen (secondary N) is 1. The molecule has 1 fully saturated rings. The lowest BCUT2D eigenvalue weighted by Crippen LogP contribution is -2.48. The lowest BCUT2D eigenvalue weighted by atomic mass is 9.81. The molecule has 0 saturated carbocycles. The van der Waals surface area contributed by atoms with E-state index in [-0.39, 0.29) is 67.9 Å². The normalized spacial score (nSPS) is 15.4. The van der Waals surface area contributed by atoms with Crippen molar-refractivity contribution in [3.63, 3.8) is 0 Å². The molecule has 4 amide bonds. The van der Waals surface area contributed by atoms with Crippen molar-refractivity contribution in [1.82, 2.24) is 24.9 Å². The van der Waals surface area contributed by atoms with Crippen LogP contribution < -0.4 is 16.8 Å². The number of ketones is 1. The zero-order valence-corrected chi connectivity index (χ0v) is 37.2. The molecule has 1 aromatic heterocycles. The number of rotatable bonds is 22. The summed E-state index contributed by atoms with van der Waals surface area (Å²) < 4.78 is 62.2. The first-order chi connectivity index (χ1) is 30.8. The second kappa shape index (κ2) is 24.7. The Labute approximate surface area is 381 Å². The minimum atomic E-state index is -5.08. The fourth-order valence-electron chi connectivity index (χ4n) is 6.80. The number of carbonyl (C=O) groups excluding carboxylic acids is 5. The highest BCUT2D eigenvalue weighted by atomic mass is 32.2. The smallest absolute Gasteiger partial charge is 0.480 e. The Balaban J connectivity index is 0.00000152. The first-order valence-electron chi connectivity index (χ1n) is 20.6. The van der Waals surface area contributed by atoms with Crippen LogP contribution in [0.15, 0.2) is 54.7 Å². The van der Waals surface area contributed by atoms with Gasteiger partial charge >= 0.3 is 18.1 Å². The predicted molar refractivity (Wildman–Crippen MR) is 230 cm³/mol. The molecule has 1 aliphatic rings. The summed E-state index contributed by atoms with van der Waals surface area (Å²) in [5.74, 6) is -7.59. The summed E-state index contributed by atoms with van der Waals surface area (Å²) in [6.45, 7) is 4.54. The van der Waals surface area contributed by atoms with Crippen molar-refractivity contribution < 1.29 is 70.8 Å². The average molecular weight is 956 g/mol. The maximum absolute atomic E-state index is 15.0. The molecule has 0 spiro atoms. The molecular weight excluding hydrogens is 902 g/mol. The highest BCUT2D eigenvalue weighted by Crippen LogP contribution is 2.40. The van der Waals surface area contributed by atoms with E-state index in [9.17, 15) is 55.8 Å². The van der Waals surface area contributed by atoms with E-state index in [1.165, 1.54) is 9.58 Å². The molecule has 0 radical (unpaired) electrons. The molecule has 1 aliphatic heterocycles. The molecule has 17 nitrogen and oxygen atoms in total. The summed E-state index contributed by atoms with van der Waals surface area (Å²) in [5, 5.41) is 32.7. The zero-order chi connectivity index (χ0) is 49.5. The number of imide groups is 1. The summed E-state index contributed by atoms with van der Waals surface area (Å²) in [6.07, 6.45) is -1.66. The number of hydrogen-bond donors (Lipinski definition) is 6. The molecule has 4 atom stereocenters. The summed E-state index contributed by atoms with van der Waals surface area (Å²) in [5.41, 5.74) is 12.8. The number of hydrogen-bond acceptors (Lipinski definition) is 12. The van der Waals surface area contributed by atoms with Gasteiger partial charge in [0.1, 0.15) is 30.0 Å². The maximum atomic E-state index is 15.0. The van der Waals surface area contributed by atoms with Gasteiger partial charge in [0.15, 0.2) is 5.78 Å². The number of carbonyl (C=O) groups is 7. The summed E-state index contributed by atoms with van der Waals surface area (Å²) in [4.78, 5) is 86.4. The van der Waals surface area contributed by atoms with E-state index in [1.807, 2.05) is 51.1 Å². The Morgan fingerprint density at radius 1 is 0.970 bits per heavy atom. The number of likely N-dealkylation sites (tertiary alicyclic amines) is 1. The van der Waals surface area contributed by atoms with Gasteiger partial charge < -0.3 is 37.0 Å². The number of halogens is 5. The predicted octanol–water partition coefficient (Wildman–Crippen LogP) is 3.52. The number of aromatic nitrogens is 2. The van der Waals surface area contributed by atoms with Crippen LogP contribution >= 0.6 is 11.8 Å². The SMILES string of the molecule is CC(C)(C)[C@H](c1nn(-c2cc(F)ccc2F)cc1Cc1ccccc1)N(CC[C@H](N)C(=O)NCC(=O)CCCCCN1C(=O)CC(SC[C@H](N)C(=O)O)C1=O)C(=O)CO.O=C(O)C(F)(F)F. The fraction of sp³-hybridized carbons (Fsp3) is 0.488. The molecule has 1 unspecified atom stereocenters. The van der Waals surface area contributed by atoms with Gasteiger partial charge in [0.05, 0.1) is 29.6 Å². The van der Waals surface area contributed by atoms with Gasteiger partial charge in [-0.05, 0) is 42.4 Å². The summed E-state index contributed by atoms with van der Waals surface area (Å²) >= 11 is 1.05. The van der Waals surface area contributed by atoms with Crippen LogP contribution in [0.25, 0.3) is 5.69 Å². The molecule has 23 heteroatoms. The first kappa shape index (κ1) is 54.6. The largest absolute Gasteiger partial charge is 0.490 e. The van der Waals surface area contributed by atoms with Gasteiger partial charge in [-0.1, -0.05) is 57.5 Å². The Hall–Kier alpha value is -5.78. The van der Waals surface area contributed by atoms with Crippen molar-refractivity contribution in [1.29, 1.82) is 0 Å². The minimum Gasteiger partial charge on any atom is -0.480 e. The van der Waals surface area contributed by atoms with Crippen LogP contribution in [0.3, 0.4) is 0 Å². The van der Waals surface area contributed by atoms with Gasteiger partial charge in [-0.3, -0.25) is 33.7 Å². The molecule has 4 rings (SSSR count). The number of carboxylic acid groups (broad SMARTS) is 2. The van der Waals surface area contributed by atoms with Crippen LogP contribution in [0.4, 0.5) is 22.0 Å². The van der Waals surface area contributed by atoms with E-state index in [0.717, 1.165) is 40.4 Å². The monoisotopic (exact) mass is 955 g/mol. The fourth-order valence-corrected chi connectivity index (χ4v) is 7.91. The standard InChI is InChI=1S/C41H53F2N7O8S.C2HF3O2/c1-41(2,3)37(36-26(18-25-10-6-4-7-11-25)22-50(47-36)32-19-27(42)13-14-29(32)43)48(35(54)23-51)17-15-30(44)38(55)46-21-28(52)12-8-5-9-16-49-34(53)20-33(39(49)56)59-24-31(45)40(57)58;3-2(4,5)1(6)7/h4,6-7,10-11,13-14,19,22,30-31,33,37,51H,5,8-9,12,15-18,20-21,23-24,44-45H2,1-3H3,(H,46,55)(H,57,58);(H,6,7)/t30-,31-,33?,37-;/m0./s1. The van der Waals surface area contributed by atoms with Crippen LogP contribution in [0, 0.1) is 17.0 Å². The Bertz CT molecular complexity index is 2190. The van der Waals surface area contributed by atoms with E-state index in [4.69, 9.17) is 31.6 Å². The van der Waals surface area contributed by atoms with Gasteiger partial charge in [0.2, 0.25) is 23.6 Å². The topological polar surface area (TPSA) is 269 Å². The summed E-state index contributed by atoms with van der Waals surface area (Å²) in [7, 11) is 0. The maximum Gasteiger partial charge on any atom is 0.490 e. The van der Waals surface area contributed by atoms with E-state index in [1.54, 1.807) is 6.20 Å². The Morgan fingerprint density at radius 2 is 1.62 bits per heavy atom. The molecule has 2 heterocycles. The van der Waals surface area contributed by atoms with Crippen LogP contribution in [0.1, 0.15) is 82.2 Å². The molecule has 362 valence electrons. The molecule has 2 aromatic carbocycles. The second-order valence-corrected chi connectivity index (χ2v) is 17.6. The number of aliphatic carboxylic acids is 2.